The zero-order valence-corrected chi connectivity index (χ0v) is 24.2. The number of fused-ring (bicyclic) bond motifs is 1. The van der Waals surface area contributed by atoms with Crippen molar-refractivity contribution in [1.82, 2.24) is 20.2 Å². The smallest absolute Gasteiger partial charge is 0.328 e. The maximum atomic E-state index is 13.6. The molecule has 1 aromatic carbocycles. The average molecular weight is 566 g/mol. The molecule has 11 nitrogen and oxygen atoms in total. The van der Waals surface area contributed by atoms with E-state index >= 15 is 0 Å². The molecule has 11 heteroatoms. The van der Waals surface area contributed by atoms with Crippen LogP contribution in [-0.4, -0.2) is 71.8 Å². The maximum absolute atomic E-state index is 13.6. The number of methoxy groups -OCH3 is 2. The van der Waals surface area contributed by atoms with Crippen LogP contribution in [0.1, 0.15) is 65.0 Å². The number of nitrogens with zero attached hydrogens (tertiary/aromatic N) is 3. The number of unbranched alkanes of at least 4 members (excludes halogenated alkanes) is 1. The summed E-state index contributed by atoms with van der Waals surface area (Å²) in [6.45, 7) is 5.16. The zero-order chi connectivity index (χ0) is 29.7. The number of rotatable bonds is 9. The molecule has 2 aromatic rings. The number of esters is 1. The Balaban J connectivity index is 1.61. The lowest BCUT2D eigenvalue weighted by atomic mass is 9.85. The summed E-state index contributed by atoms with van der Waals surface area (Å²) < 4.78 is 16.6. The molecule has 1 aliphatic carbocycles. The van der Waals surface area contributed by atoms with Crippen LogP contribution in [0.3, 0.4) is 0 Å². The van der Waals surface area contributed by atoms with Crippen LogP contribution < -0.4 is 19.9 Å². The van der Waals surface area contributed by atoms with Gasteiger partial charge in [0.1, 0.15) is 30.0 Å². The van der Waals surface area contributed by atoms with Gasteiger partial charge in [-0.05, 0) is 42.2 Å². The maximum Gasteiger partial charge on any atom is 0.328 e. The van der Waals surface area contributed by atoms with Crippen molar-refractivity contribution in [2.24, 2.45) is 11.3 Å². The van der Waals surface area contributed by atoms with Gasteiger partial charge in [-0.15, -0.1) is 0 Å². The zero-order valence-electron chi connectivity index (χ0n) is 24.2. The molecule has 1 saturated heterocycles. The highest BCUT2D eigenvalue weighted by molar-refractivity contribution is 5.90. The Kier molecular flexibility index (Phi) is 9.21. The number of likely N-dealkylation sites (tertiary alicyclic amines) is 1. The van der Waals surface area contributed by atoms with Crippen LogP contribution in [0.15, 0.2) is 18.2 Å². The molecule has 1 aromatic heterocycles. The van der Waals surface area contributed by atoms with Crippen LogP contribution in [0.25, 0.3) is 11.0 Å². The van der Waals surface area contributed by atoms with Crippen LogP contribution in [0.4, 0.5) is 4.79 Å². The number of ether oxygens (including phenoxy) is 3. The first-order valence-electron chi connectivity index (χ1n) is 13.9. The second kappa shape index (κ2) is 12.6. The minimum atomic E-state index is -1.58. The van der Waals surface area contributed by atoms with Gasteiger partial charge in [0.2, 0.25) is 11.8 Å². The van der Waals surface area contributed by atoms with Gasteiger partial charge in [0.25, 0.3) is 0 Å². The molecule has 41 heavy (non-hydrogen) atoms. The number of hydrogen-bond acceptors (Lipinski definition) is 9. The van der Waals surface area contributed by atoms with E-state index in [0.29, 0.717) is 22.5 Å². The van der Waals surface area contributed by atoms with Crippen LogP contribution in [0.2, 0.25) is 0 Å². The number of carboxylic acid groups (broad SMARTS) is 1. The molecule has 2 heterocycles. The fourth-order valence-electron chi connectivity index (χ4n) is 4.92. The van der Waals surface area contributed by atoms with E-state index in [9.17, 15) is 19.5 Å². The number of aromatic nitrogens is 2. The normalized spacial score (nSPS) is 19.2. The summed E-state index contributed by atoms with van der Waals surface area (Å²) in [7, 11) is 2.80. The van der Waals surface area contributed by atoms with Gasteiger partial charge >= 0.3 is 5.97 Å². The summed E-state index contributed by atoms with van der Waals surface area (Å²) in [5.41, 5.74) is 0.735. The second-order valence-electron chi connectivity index (χ2n) is 11.6. The summed E-state index contributed by atoms with van der Waals surface area (Å²) in [6, 6.07) is 3.20. The third kappa shape index (κ3) is 7.57. The van der Waals surface area contributed by atoms with Gasteiger partial charge in [0.05, 0.1) is 31.8 Å². The van der Waals surface area contributed by atoms with Crippen molar-refractivity contribution in [3.63, 3.8) is 0 Å². The van der Waals surface area contributed by atoms with Crippen molar-refractivity contribution in [2.75, 3.05) is 20.8 Å². The summed E-state index contributed by atoms with van der Waals surface area (Å²) >= 11 is 0. The van der Waals surface area contributed by atoms with Crippen molar-refractivity contribution in [1.29, 1.82) is 0 Å². The van der Waals surface area contributed by atoms with Gasteiger partial charge in [0, 0.05) is 18.9 Å². The predicted molar refractivity (Wildman–Crippen MR) is 148 cm³/mol. The van der Waals surface area contributed by atoms with Crippen molar-refractivity contribution < 1.29 is 33.7 Å². The van der Waals surface area contributed by atoms with Crippen LogP contribution in [0.5, 0.6) is 11.6 Å². The Hall–Kier alpha value is -4.07. The summed E-state index contributed by atoms with van der Waals surface area (Å²) in [5, 5.41) is 13.6. The molecule has 0 unspecified atom stereocenters. The standard InChI is InChI=1S/C30H38N4O7/c1-30(2,3)25(33-29(37)38)27(35)34-17-20(16-24(34)28(36)40-5)41-26-22(10-8-6-7-9-18-11-12-18)31-21-14-13-19(39-4)15-23(21)32-26/h13-15,18,20,24-25,33H,6-7,9,11-12,16-17H2,1-5H3,(H,37,38)/p-1/t20-,24+,25-/m1/s1. The first-order valence-corrected chi connectivity index (χ1v) is 13.9. The molecular weight excluding hydrogens is 528 g/mol. The van der Waals surface area contributed by atoms with Crippen molar-refractivity contribution >= 4 is 29.0 Å². The first kappa shape index (κ1) is 29.9. The van der Waals surface area contributed by atoms with Crippen molar-refractivity contribution in [2.45, 2.75) is 77.5 Å². The van der Waals surface area contributed by atoms with Crippen molar-refractivity contribution in [3.05, 3.63) is 23.9 Å². The molecule has 1 N–H and O–H groups in total. The molecule has 4 rings (SSSR count). The van der Waals surface area contributed by atoms with E-state index in [-0.39, 0.29) is 18.8 Å². The quantitative estimate of drug-likeness (QED) is 0.275. The van der Waals surface area contributed by atoms with E-state index < -0.39 is 41.6 Å². The van der Waals surface area contributed by atoms with Gasteiger partial charge < -0.3 is 34.3 Å². The summed E-state index contributed by atoms with van der Waals surface area (Å²) in [4.78, 5) is 48.3. The molecule has 1 aliphatic heterocycles. The summed E-state index contributed by atoms with van der Waals surface area (Å²) in [5.74, 6) is 6.71. The number of carbonyl (C=O) groups excluding carboxylic acids is 3. The van der Waals surface area contributed by atoms with Gasteiger partial charge in [-0.1, -0.05) is 39.5 Å². The third-order valence-corrected chi connectivity index (χ3v) is 7.33. The Morgan fingerprint density at radius 1 is 1.17 bits per heavy atom. The van der Waals surface area contributed by atoms with E-state index in [2.05, 4.69) is 27.1 Å². The van der Waals surface area contributed by atoms with Gasteiger partial charge in [0.15, 0.2) is 5.69 Å². The molecule has 3 atom stereocenters. The Bertz CT molecular complexity index is 1360. The molecule has 2 fully saturated rings. The van der Waals surface area contributed by atoms with Crippen molar-refractivity contribution in [3.8, 4) is 23.5 Å². The van der Waals surface area contributed by atoms with Crippen LogP contribution in [-0.2, 0) is 14.3 Å². The van der Waals surface area contributed by atoms with E-state index in [0.717, 1.165) is 18.8 Å². The Morgan fingerprint density at radius 2 is 1.93 bits per heavy atom. The van der Waals surface area contributed by atoms with E-state index in [1.54, 1.807) is 46.1 Å². The number of hydrogen-bond donors (Lipinski definition) is 1. The summed E-state index contributed by atoms with van der Waals surface area (Å²) in [6.07, 6.45) is 3.41. The van der Waals surface area contributed by atoms with E-state index in [1.165, 1.54) is 31.3 Å². The van der Waals surface area contributed by atoms with E-state index in [1.807, 2.05) is 0 Å². The van der Waals surface area contributed by atoms with Gasteiger partial charge in [-0.3, -0.25) is 4.79 Å². The minimum Gasteiger partial charge on any atom is -0.530 e. The highest BCUT2D eigenvalue weighted by Crippen LogP contribution is 2.34. The first-order chi connectivity index (χ1) is 19.5. The highest BCUT2D eigenvalue weighted by atomic mass is 16.5. The average Bonchev–Trinajstić information content (AvgIpc) is 3.66. The molecular formula is C30H37N4O7-. The van der Waals surface area contributed by atoms with Crippen LogP contribution in [0, 0.1) is 23.2 Å². The largest absolute Gasteiger partial charge is 0.530 e. The second-order valence-corrected chi connectivity index (χ2v) is 11.6. The topological polar surface area (TPSA) is 143 Å². The molecule has 1 saturated carbocycles. The SMILES string of the molecule is COC(=O)[C@@H]1C[C@@H](Oc2nc3cc(OC)ccc3nc2C#CCCCC2CC2)CN1C(=O)[C@@H](NC(=O)[O-])C(C)(C)C. The molecule has 220 valence electrons. The molecule has 0 spiro atoms. The lowest BCUT2D eigenvalue weighted by molar-refractivity contribution is -0.252. The number of amides is 2. The Labute approximate surface area is 239 Å². The number of benzene rings is 1. The molecule has 0 radical (unpaired) electrons. The van der Waals surface area contributed by atoms with E-state index in [4.69, 9.17) is 14.2 Å². The third-order valence-electron chi connectivity index (χ3n) is 7.33. The van der Waals surface area contributed by atoms with Gasteiger partial charge in [-0.2, -0.15) is 0 Å². The molecule has 2 aliphatic rings. The lowest BCUT2D eigenvalue weighted by Crippen LogP contribution is -2.59. The van der Waals surface area contributed by atoms with Crippen LogP contribution >= 0.6 is 0 Å². The fourth-order valence-corrected chi connectivity index (χ4v) is 4.92. The number of nitrogens with one attached hydrogen (secondary N) is 1. The molecule has 2 amide bonds. The number of carbonyl (C=O) groups is 3. The minimum absolute atomic E-state index is 0.00594. The van der Waals surface area contributed by atoms with Gasteiger partial charge in [-0.25, -0.2) is 14.8 Å². The molecule has 0 bridgehead atoms. The Morgan fingerprint density at radius 3 is 2.56 bits per heavy atom. The highest BCUT2D eigenvalue weighted by Gasteiger charge is 2.46. The fraction of sp³-hybridized carbons (Fsp3) is 0.567. The predicted octanol–water partition coefficient (Wildman–Crippen LogP) is 2.44. The monoisotopic (exact) mass is 565 g/mol. The lowest BCUT2D eigenvalue weighted by Gasteiger charge is -2.35.